The van der Waals surface area contributed by atoms with Gasteiger partial charge in [-0.3, -0.25) is 0 Å². The van der Waals surface area contributed by atoms with Crippen molar-refractivity contribution in [1.82, 2.24) is 14.3 Å². The molecular weight excluding hydrogens is 278 g/mol. The van der Waals surface area contributed by atoms with Gasteiger partial charge in [-0.05, 0) is 38.3 Å². The summed E-state index contributed by atoms with van der Waals surface area (Å²) < 4.78 is 33.9. The van der Waals surface area contributed by atoms with E-state index >= 15 is 0 Å². The number of ether oxygens (including phenoxy) is 1. The molecule has 1 unspecified atom stereocenters. The van der Waals surface area contributed by atoms with Gasteiger partial charge in [0.1, 0.15) is 0 Å². The highest BCUT2D eigenvalue weighted by molar-refractivity contribution is 7.87. The molecule has 0 radical (unpaired) electrons. The van der Waals surface area contributed by atoms with Crippen LogP contribution in [0.15, 0.2) is 0 Å². The Kier molecular flexibility index (Phi) is 7.98. The second-order valence-electron chi connectivity index (χ2n) is 5.79. The van der Waals surface area contributed by atoms with Gasteiger partial charge in [-0.2, -0.15) is 17.4 Å². The summed E-state index contributed by atoms with van der Waals surface area (Å²) in [6.07, 6.45) is 2.02. The maximum Gasteiger partial charge on any atom is 0.279 e. The first-order chi connectivity index (χ1) is 9.45. The summed E-state index contributed by atoms with van der Waals surface area (Å²) in [6, 6.07) is 0. The van der Waals surface area contributed by atoms with E-state index in [4.69, 9.17) is 4.74 Å². The van der Waals surface area contributed by atoms with E-state index in [9.17, 15) is 8.42 Å². The first kappa shape index (κ1) is 17.8. The van der Waals surface area contributed by atoms with Crippen LogP contribution in [0.5, 0.6) is 0 Å². The van der Waals surface area contributed by atoms with Gasteiger partial charge in [-0.1, -0.05) is 13.8 Å². The molecule has 6 nitrogen and oxygen atoms in total. The zero-order chi connectivity index (χ0) is 15.0. The number of hydrogen-bond donors (Lipinski definition) is 2. The lowest BCUT2D eigenvalue weighted by molar-refractivity contribution is 0.114. The lowest BCUT2D eigenvalue weighted by Crippen LogP contribution is -2.48. The maximum atomic E-state index is 12.2. The molecule has 0 bridgehead atoms. The molecule has 0 aromatic heterocycles. The van der Waals surface area contributed by atoms with Crippen molar-refractivity contribution >= 4 is 10.2 Å². The number of rotatable bonds is 9. The van der Waals surface area contributed by atoms with E-state index in [1.807, 2.05) is 7.05 Å². The first-order valence-corrected chi connectivity index (χ1v) is 8.86. The first-order valence-electron chi connectivity index (χ1n) is 7.42. The quantitative estimate of drug-likeness (QED) is 0.606. The van der Waals surface area contributed by atoms with E-state index < -0.39 is 10.2 Å². The predicted octanol–water partition coefficient (Wildman–Crippen LogP) is 0.425. The van der Waals surface area contributed by atoms with E-state index in [2.05, 4.69) is 23.9 Å². The number of nitrogens with one attached hydrogen (secondary N) is 2. The molecule has 0 saturated carbocycles. The average molecular weight is 307 g/mol. The van der Waals surface area contributed by atoms with Crippen molar-refractivity contribution in [1.29, 1.82) is 0 Å². The molecular formula is C13H29N3O3S. The number of nitrogens with zero attached hydrogens (tertiary/aromatic N) is 1. The third kappa shape index (κ3) is 6.49. The molecule has 1 aliphatic rings. The third-order valence-electron chi connectivity index (χ3n) is 3.30. The maximum absolute atomic E-state index is 12.2. The summed E-state index contributed by atoms with van der Waals surface area (Å²) in [5.74, 6) is 0.874. The van der Waals surface area contributed by atoms with E-state index in [0.717, 1.165) is 19.4 Å². The van der Waals surface area contributed by atoms with Gasteiger partial charge in [0.25, 0.3) is 10.2 Å². The Morgan fingerprint density at radius 1 is 1.40 bits per heavy atom. The molecule has 1 saturated heterocycles. The van der Waals surface area contributed by atoms with Crippen molar-refractivity contribution in [3.05, 3.63) is 0 Å². The summed E-state index contributed by atoms with van der Waals surface area (Å²) >= 11 is 0. The molecule has 0 aromatic carbocycles. The minimum Gasteiger partial charge on any atom is -0.380 e. The molecule has 7 heteroatoms. The van der Waals surface area contributed by atoms with Gasteiger partial charge < -0.3 is 10.1 Å². The molecule has 2 N–H and O–H groups in total. The van der Waals surface area contributed by atoms with Crippen molar-refractivity contribution in [2.45, 2.75) is 26.7 Å². The van der Waals surface area contributed by atoms with Gasteiger partial charge in [0.05, 0.1) is 6.61 Å². The summed E-state index contributed by atoms with van der Waals surface area (Å²) in [4.78, 5) is 0. The van der Waals surface area contributed by atoms with Crippen LogP contribution in [-0.4, -0.2) is 59.2 Å². The zero-order valence-electron chi connectivity index (χ0n) is 12.9. The van der Waals surface area contributed by atoms with Crippen LogP contribution in [0.2, 0.25) is 0 Å². The van der Waals surface area contributed by atoms with Gasteiger partial charge in [-0.15, -0.1) is 0 Å². The van der Waals surface area contributed by atoms with Crippen LogP contribution in [0.1, 0.15) is 26.7 Å². The Hall–Kier alpha value is -0.210. The smallest absolute Gasteiger partial charge is 0.279 e. The van der Waals surface area contributed by atoms with Crippen LogP contribution < -0.4 is 10.0 Å². The SMILES string of the molecule is CNCC1CCCN(S(=O)(=O)NCCOCC(C)C)C1. The fourth-order valence-corrected chi connectivity index (χ4v) is 3.65. The van der Waals surface area contributed by atoms with Crippen LogP contribution in [0, 0.1) is 11.8 Å². The summed E-state index contributed by atoms with van der Waals surface area (Å²) in [5.41, 5.74) is 0. The fraction of sp³-hybridized carbons (Fsp3) is 1.00. The van der Waals surface area contributed by atoms with Gasteiger partial charge >= 0.3 is 0 Å². The van der Waals surface area contributed by atoms with Crippen LogP contribution in [0.4, 0.5) is 0 Å². The predicted molar refractivity (Wildman–Crippen MR) is 80.8 cm³/mol. The lowest BCUT2D eigenvalue weighted by atomic mass is 10.00. The average Bonchev–Trinajstić information content (AvgIpc) is 2.38. The number of hydrogen-bond acceptors (Lipinski definition) is 4. The molecule has 1 heterocycles. The second-order valence-corrected chi connectivity index (χ2v) is 7.55. The Balaban J connectivity index is 2.32. The van der Waals surface area contributed by atoms with Crippen molar-refractivity contribution in [3.8, 4) is 0 Å². The Bertz CT molecular complexity index is 358. The topological polar surface area (TPSA) is 70.7 Å². The monoisotopic (exact) mass is 307 g/mol. The largest absolute Gasteiger partial charge is 0.380 e. The minimum absolute atomic E-state index is 0.336. The highest BCUT2D eigenvalue weighted by Crippen LogP contribution is 2.17. The Morgan fingerprint density at radius 2 is 2.15 bits per heavy atom. The molecule has 20 heavy (non-hydrogen) atoms. The summed E-state index contributed by atoms with van der Waals surface area (Å²) in [6.45, 7) is 7.64. The van der Waals surface area contributed by atoms with Crippen molar-refractivity contribution in [3.63, 3.8) is 0 Å². The Morgan fingerprint density at radius 3 is 2.80 bits per heavy atom. The highest BCUT2D eigenvalue weighted by Gasteiger charge is 2.28. The molecule has 0 amide bonds. The molecule has 0 spiro atoms. The van der Waals surface area contributed by atoms with E-state index in [0.29, 0.717) is 44.7 Å². The summed E-state index contributed by atoms with van der Waals surface area (Å²) in [5, 5.41) is 3.12. The van der Waals surface area contributed by atoms with Crippen molar-refractivity contribution < 1.29 is 13.2 Å². The fourth-order valence-electron chi connectivity index (χ4n) is 2.35. The van der Waals surface area contributed by atoms with Crippen LogP contribution in [0.3, 0.4) is 0 Å². The molecule has 1 rings (SSSR count). The number of piperidine rings is 1. The van der Waals surface area contributed by atoms with Gasteiger partial charge in [0, 0.05) is 26.2 Å². The van der Waals surface area contributed by atoms with Gasteiger partial charge in [-0.25, -0.2) is 0 Å². The highest BCUT2D eigenvalue weighted by atomic mass is 32.2. The molecule has 0 aromatic rings. The van der Waals surface area contributed by atoms with Crippen LogP contribution in [0.25, 0.3) is 0 Å². The molecule has 1 aliphatic heterocycles. The Labute approximate surface area is 123 Å². The third-order valence-corrected chi connectivity index (χ3v) is 4.88. The molecule has 1 fully saturated rings. The van der Waals surface area contributed by atoms with Crippen molar-refractivity contribution in [2.75, 3.05) is 46.4 Å². The lowest BCUT2D eigenvalue weighted by Gasteiger charge is -2.31. The van der Waals surface area contributed by atoms with Gasteiger partial charge in [0.15, 0.2) is 0 Å². The molecule has 120 valence electrons. The second kappa shape index (κ2) is 8.94. The van der Waals surface area contributed by atoms with Crippen LogP contribution >= 0.6 is 0 Å². The molecule has 0 aliphatic carbocycles. The van der Waals surface area contributed by atoms with E-state index in [1.165, 1.54) is 0 Å². The van der Waals surface area contributed by atoms with E-state index in [1.54, 1.807) is 4.31 Å². The van der Waals surface area contributed by atoms with Crippen molar-refractivity contribution in [2.24, 2.45) is 11.8 Å². The molecule has 1 atom stereocenters. The standard InChI is InChI=1S/C13H29N3O3S/c1-12(2)11-19-8-6-15-20(17,18)16-7-4-5-13(10-16)9-14-3/h12-15H,4-11H2,1-3H3. The normalized spacial score (nSPS) is 21.5. The summed E-state index contributed by atoms with van der Waals surface area (Å²) in [7, 11) is -1.46. The van der Waals surface area contributed by atoms with Gasteiger partial charge in [0.2, 0.25) is 0 Å². The minimum atomic E-state index is -3.36. The zero-order valence-corrected chi connectivity index (χ0v) is 13.7. The van der Waals surface area contributed by atoms with Crippen LogP contribution in [-0.2, 0) is 14.9 Å². The van der Waals surface area contributed by atoms with E-state index in [-0.39, 0.29) is 0 Å².